The number of aliphatic carboxylic acids is 1. The zero-order chi connectivity index (χ0) is 9.90. The molecule has 13 heavy (non-hydrogen) atoms. The van der Waals surface area contributed by atoms with E-state index in [4.69, 9.17) is 0 Å². The van der Waals surface area contributed by atoms with Crippen molar-refractivity contribution in [3.8, 4) is 0 Å². The smallest absolute Gasteiger partial charge is 0.169 e. The highest BCUT2D eigenvalue weighted by Crippen LogP contribution is 2.06. The highest BCUT2D eigenvalue weighted by atomic mass is 19.1. The van der Waals surface area contributed by atoms with Crippen LogP contribution in [0.3, 0.4) is 0 Å². The molecule has 0 aromatic carbocycles. The lowest BCUT2D eigenvalue weighted by Gasteiger charge is -2.22. The first-order valence-corrected chi connectivity index (χ1v) is 3.68. The van der Waals surface area contributed by atoms with Gasteiger partial charge in [0.25, 0.3) is 0 Å². The quantitative estimate of drug-likeness (QED) is 0.552. The molecule has 6 heteroatoms. The van der Waals surface area contributed by atoms with E-state index in [0.29, 0.717) is 5.69 Å². The number of imidazole rings is 1. The van der Waals surface area contributed by atoms with Crippen molar-refractivity contribution >= 4 is 5.97 Å². The monoisotopic (exact) mass is 187 g/mol. The first-order valence-electron chi connectivity index (χ1n) is 3.68. The van der Waals surface area contributed by atoms with Gasteiger partial charge in [-0.25, -0.2) is 9.37 Å². The molecular formula is C7H10FN3O2. The molecule has 0 saturated carbocycles. The number of hydrogen-bond donors (Lipinski definition) is 2. The standard InChI is InChI=1S/C7H10FN3O2/c8-3-7(9,6(12)13)1-5-2-10-4-11-5/h2,4H,1,3,9H2,(H,10,11)(H,12,13). The number of H-pyrrole nitrogens is 1. The Morgan fingerprint density at radius 3 is 2.92 bits per heavy atom. The minimum atomic E-state index is -1.72. The Balaban J connectivity index is 2.75. The van der Waals surface area contributed by atoms with E-state index in [0.717, 1.165) is 0 Å². The minimum Gasteiger partial charge on any atom is -0.544 e. The van der Waals surface area contributed by atoms with Crippen molar-refractivity contribution in [2.75, 3.05) is 6.67 Å². The maximum absolute atomic E-state index is 12.4. The minimum absolute atomic E-state index is 0.0498. The molecule has 0 radical (unpaired) electrons. The third-order valence-corrected chi connectivity index (χ3v) is 1.77. The van der Waals surface area contributed by atoms with E-state index >= 15 is 0 Å². The Hall–Kier alpha value is -1.43. The van der Waals surface area contributed by atoms with Gasteiger partial charge >= 0.3 is 0 Å². The molecule has 1 atom stereocenters. The van der Waals surface area contributed by atoms with Gasteiger partial charge in [-0.2, -0.15) is 0 Å². The number of rotatable bonds is 4. The van der Waals surface area contributed by atoms with Gasteiger partial charge < -0.3 is 20.6 Å². The van der Waals surface area contributed by atoms with E-state index in [2.05, 4.69) is 15.7 Å². The number of alkyl halides is 1. The molecule has 0 spiro atoms. The number of carbonyl (C=O) groups is 1. The summed E-state index contributed by atoms with van der Waals surface area (Å²) in [6.07, 6.45) is 2.77. The van der Waals surface area contributed by atoms with Gasteiger partial charge in [-0.3, -0.25) is 0 Å². The largest absolute Gasteiger partial charge is 0.544 e. The van der Waals surface area contributed by atoms with E-state index in [9.17, 15) is 14.3 Å². The number of aromatic nitrogens is 2. The Morgan fingerprint density at radius 1 is 1.85 bits per heavy atom. The third-order valence-electron chi connectivity index (χ3n) is 1.77. The number of aromatic amines is 1. The number of carboxylic acids is 1. The highest BCUT2D eigenvalue weighted by Gasteiger charge is 2.32. The molecule has 5 nitrogen and oxygen atoms in total. The number of halogens is 1. The second-order valence-corrected chi connectivity index (χ2v) is 2.96. The molecule has 72 valence electrons. The Labute approximate surface area is 73.8 Å². The van der Waals surface area contributed by atoms with E-state index < -0.39 is 18.2 Å². The first-order chi connectivity index (χ1) is 6.08. The third kappa shape index (κ3) is 2.03. The van der Waals surface area contributed by atoms with Crippen molar-refractivity contribution in [2.24, 2.45) is 0 Å². The van der Waals surface area contributed by atoms with Crippen LogP contribution in [0.15, 0.2) is 12.5 Å². The summed E-state index contributed by atoms with van der Waals surface area (Å²) in [5.74, 6) is -1.50. The van der Waals surface area contributed by atoms with Gasteiger partial charge in [0.05, 0.1) is 12.7 Å². The molecule has 0 aliphatic rings. The molecule has 0 fully saturated rings. The molecule has 0 saturated heterocycles. The summed E-state index contributed by atoms with van der Waals surface area (Å²) >= 11 is 0. The van der Waals surface area contributed by atoms with E-state index in [1.54, 1.807) is 0 Å². The Bertz CT molecular complexity index is 288. The van der Waals surface area contributed by atoms with Crippen LogP contribution in [0.5, 0.6) is 0 Å². The maximum Gasteiger partial charge on any atom is 0.169 e. The zero-order valence-corrected chi connectivity index (χ0v) is 6.92. The number of nitrogens with zero attached hydrogens (tertiary/aromatic N) is 1. The summed E-state index contributed by atoms with van der Waals surface area (Å²) in [5, 5.41) is 10.5. The van der Waals surface area contributed by atoms with Crippen LogP contribution in [0, 0.1) is 0 Å². The van der Waals surface area contributed by atoms with Crippen LogP contribution in [0.4, 0.5) is 4.39 Å². The van der Waals surface area contributed by atoms with Gasteiger partial charge in [0.15, 0.2) is 5.54 Å². The molecule has 1 rings (SSSR count). The molecule has 4 N–H and O–H groups in total. The molecule has 0 aliphatic heterocycles. The van der Waals surface area contributed by atoms with Crippen LogP contribution in [-0.4, -0.2) is 28.2 Å². The van der Waals surface area contributed by atoms with Crippen molar-refractivity contribution in [2.45, 2.75) is 12.0 Å². The highest BCUT2D eigenvalue weighted by molar-refractivity contribution is 5.75. The summed E-state index contributed by atoms with van der Waals surface area (Å²) in [6, 6.07) is 0. The number of nitrogens with one attached hydrogen (secondary N) is 1. The predicted molar refractivity (Wildman–Crippen MR) is 38.9 cm³/mol. The Kier molecular flexibility index (Phi) is 2.62. The summed E-state index contributed by atoms with van der Waals surface area (Å²) in [7, 11) is 0. The SMILES string of the molecule is [NH3+]C(CF)(Cc1cnc[nH]1)C(=O)[O-]. The number of carboxylic acid groups (broad SMARTS) is 1. The van der Waals surface area contributed by atoms with Gasteiger partial charge in [-0.1, -0.05) is 0 Å². The molecule has 1 aromatic heterocycles. The average molecular weight is 187 g/mol. The van der Waals surface area contributed by atoms with Gasteiger partial charge in [-0.15, -0.1) is 0 Å². The molecule has 1 unspecified atom stereocenters. The lowest BCUT2D eigenvalue weighted by atomic mass is 9.97. The predicted octanol–water partition coefficient (Wildman–Crippen LogP) is -2.35. The molecule has 0 bridgehead atoms. The fourth-order valence-corrected chi connectivity index (χ4v) is 0.920. The molecule has 1 heterocycles. The second-order valence-electron chi connectivity index (χ2n) is 2.96. The van der Waals surface area contributed by atoms with E-state index in [1.165, 1.54) is 12.5 Å². The Morgan fingerprint density at radius 2 is 2.54 bits per heavy atom. The fraction of sp³-hybridized carbons (Fsp3) is 0.429. The van der Waals surface area contributed by atoms with Crippen LogP contribution >= 0.6 is 0 Å². The van der Waals surface area contributed by atoms with Gasteiger partial charge in [-0.05, 0) is 0 Å². The number of hydrogen-bond acceptors (Lipinski definition) is 3. The zero-order valence-electron chi connectivity index (χ0n) is 6.92. The summed E-state index contributed by atoms with van der Waals surface area (Å²) in [6.45, 7) is -1.06. The van der Waals surface area contributed by atoms with Crippen LogP contribution < -0.4 is 10.8 Å². The van der Waals surface area contributed by atoms with Crippen molar-refractivity contribution in [3.05, 3.63) is 18.2 Å². The maximum atomic E-state index is 12.4. The lowest BCUT2D eigenvalue weighted by molar-refractivity contribution is -0.487. The normalized spacial score (nSPS) is 15.2. The second kappa shape index (κ2) is 3.53. The van der Waals surface area contributed by atoms with E-state index in [1.807, 2.05) is 0 Å². The summed E-state index contributed by atoms with van der Waals surface area (Å²) in [4.78, 5) is 16.9. The first kappa shape index (κ1) is 9.66. The van der Waals surface area contributed by atoms with Crippen LogP contribution in [0.25, 0.3) is 0 Å². The topological polar surface area (TPSA) is 96.5 Å². The van der Waals surface area contributed by atoms with Crippen molar-refractivity contribution in [3.63, 3.8) is 0 Å². The lowest BCUT2D eigenvalue weighted by Crippen LogP contribution is -2.81. The summed E-state index contributed by atoms with van der Waals surface area (Å²) < 4.78 is 12.4. The average Bonchev–Trinajstić information content (AvgIpc) is 2.56. The van der Waals surface area contributed by atoms with Crippen LogP contribution in [0.1, 0.15) is 5.69 Å². The number of quaternary nitrogens is 1. The van der Waals surface area contributed by atoms with Crippen LogP contribution in [-0.2, 0) is 11.2 Å². The van der Waals surface area contributed by atoms with Gasteiger partial charge in [0.1, 0.15) is 12.6 Å². The summed E-state index contributed by atoms with van der Waals surface area (Å²) in [5.41, 5.74) is 2.09. The molecular weight excluding hydrogens is 177 g/mol. The van der Waals surface area contributed by atoms with Crippen molar-refractivity contribution in [1.29, 1.82) is 0 Å². The van der Waals surface area contributed by atoms with Gasteiger partial charge in [0.2, 0.25) is 0 Å². The fourth-order valence-electron chi connectivity index (χ4n) is 0.920. The molecule has 0 amide bonds. The number of carbonyl (C=O) groups excluding carboxylic acids is 1. The van der Waals surface area contributed by atoms with Crippen LogP contribution in [0.2, 0.25) is 0 Å². The van der Waals surface area contributed by atoms with Gasteiger partial charge in [0, 0.05) is 11.9 Å². The molecule has 1 aromatic rings. The molecule has 0 aliphatic carbocycles. The van der Waals surface area contributed by atoms with Crippen molar-refractivity contribution in [1.82, 2.24) is 9.97 Å². The van der Waals surface area contributed by atoms with E-state index in [-0.39, 0.29) is 6.42 Å². The van der Waals surface area contributed by atoms with Crippen molar-refractivity contribution < 1.29 is 20.0 Å².